The number of rotatable bonds is 8. The van der Waals surface area contributed by atoms with E-state index in [0.29, 0.717) is 6.42 Å². The van der Waals surface area contributed by atoms with Crippen molar-refractivity contribution in [2.24, 2.45) is 11.7 Å². The van der Waals surface area contributed by atoms with Gasteiger partial charge in [-0.05, 0) is 71.2 Å². The molecule has 2 N–H and O–H groups in total. The van der Waals surface area contributed by atoms with Crippen molar-refractivity contribution >= 4 is 18.2 Å². The third kappa shape index (κ3) is 9.16. The van der Waals surface area contributed by atoms with Crippen molar-refractivity contribution in [1.82, 2.24) is 9.97 Å². The van der Waals surface area contributed by atoms with Gasteiger partial charge in [0.2, 0.25) is 5.95 Å². The Labute approximate surface area is 220 Å². The molecule has 1 aromatic carbocycles. The van der Waals surface area contributed by atoms with Crippen molar-refractivity contribution in [2.75, 3.05) is 18.1 Å². The minimum atomic E-state index is -4.71. The average molecular weight is 541 g/mol. The zero-order valence-corrected chi connectivity index (χ0v) is 22.7. The molecule has 2 rings (SSSR count). The van der Waals surface area contributed by atoms with E-state index in [1.807, 2.05) is 13.8 Å². The van der Waals surface area contributed by atoms with Crippen LogP contribution in [0.4, 0.5) is 28.7 Å². The molecule has 0 fully saturated rings. The summed E-state index contributed by atoms with van der Waals surface area (Å²) >= 11 is 0. The van der Waals surface area contributed by atoms with Crippen molar-refractivity contribution in [1.29, 1.82) is 0 Å². The van der Waals surface area contributed by atoms with E-state index < -0.39 is 35.1 Å². The zero-order chi connectivity index (χ0) is 28.9. The lowest BCUT2D eigenvalue weighted by atomic mass is 9.93. The molecule has 1 heterocycles. The van der Waals surface area contributed by atoms with Gasteiger partial charge in [0, 0.05) is 23.8 Å². The van der Waals surface area contributed by atoms with E-state index in [-0.39, 0.29) is 42.0 Å². The number of anilines is 1. The molecular formula is C26H35F3N4O5. The highest BCUT2D eigenvalue weighted by atomic mass is 19.4. The first-order valence-corrected chi connectivity index (χ1v) is 12.1. The molecule has 210 valence electrons. The smallest absolute Gasteiger partial charge is 0.491 e. The number of hydrogen-bond acceptors (Lipinski definition) is 8. The third-order valence-corrected chi connectivity index (χ3v) is 4.99. The largest absolute Gasteiger partial charge is 0.517 e. The predicted molar refractivity (Wildman–Crippen MR) is 136 cm³/mol. The summed E-state index contributed by atoms with van der Waals surface area (Å²) in [6, 6.07) is 4.93. The molecule has 1 amide bonds. The summed E-state index contributed by atoms with van der Waals surface area (Å²) < 4.78 is 57.0. The number of amides is 1. The normalized spacial score (nSPS) is 13.6. The van der Waals surface area contributed by atoms with E-state index in [1.165, 1.54) is 24.4 Å². The van der Waals surface area contributed by atoms with E-state index in [0.717, 1.165) is 11.0 Å². The lowest BCUT2D eigenvalue weighted by molar-refractivity contribution is -0.139. The van der Waals surface area contributed by atoms with Crippen LogP contribution in [0.15, 0.2) is 30.5 Å². The topological polar surface area (TPSA) is 117 Å². The van der Waals surface area contributed by atoms with Crippen LogP contribution < -0.4 is 15.4 Å². The second-order valence-corrected chi connectivity index (χ2v) is 10.6. The van der Waals surface area contributed by atoms with Crippen LogP contribution in [0.1, 0.15) is 60.5 Å². The number of benzene rings is 1. The van der Waals surface area contributed by atoms with Crippen LogP contribution in [0.25, 0.3) is 11.3 Å². The van der Waals surface area contributed by atoms with E-state index in [1.54, 1.807) is 34.6 Å². The zero-order valence-electron chi connectivity index (χ0n) is 22.7. The summed E-state index contributed by atoms with van der Waals surface area (Å²) in [5, 5.41) is 0. The highest BCUT2D eigenvalue weighted by Crippen LogP contribution is 2.39. The lowest BCUT2D eigenvalue weighted by Gasteiger charge is -2.27. The molecule has 0 bridgehead atoms. The molecule has 0 unspecified atom stereocenters. The summed E-state index contributed by atoms with van der Waals surface area (Å²) in [4.78, 5) is 33.6. The molecule has 0 aliphatic rings. The van der Waals surface area contributed by atoms with E-state index in [9.17, 15) is 22.8 Å². The molecule has 0 saturated heterocycles. The Morgan fingerprint density at radius 3 is 2.32 bits per heavy atom. The van der Waals surface area contributed by atoms with Crippen LogP contribution in [-0.2, 0) is 15.7 Å². The fourth-order valence-electron chi connectivity index (χ4n) is 3.66. The monoisotopic (exact) mass is 540 g/mol. The molecule has 0 aliphatic heterocycles. The predicted octanol–water partition coefficient (Wildman–Crippen LogP) is 6.20. The quantitative estimate of drug-likeness (QED) is 0.311. The molecular weight excluding hydrogens is 505 g/mol. The van der Waals surface area contributed by atoms with Gasteiger partial charge in [0.15, 0.2) is 0 Å². The van der Waals surface area contributed by atoms with Crippen LogP contribution in [0.2, 0.25) is 0 Å². The number of ether oxygens (including phenoxy) is 3. The molecule has 0 saturated carbocycles. The van der Waals surface area contributed by atoms with Crippen LogP contribution in [0.3, 0.4) is 0 Å². The van der Waals surface area contributed by atoms with Crippen LogP contribution in [0.5, 0.6) is 5.75 Å². The third-order valence-electron chi connectivity index (χ3n) is 4.99. The summed E-state index contributed by atoms with van der Waals surface area (Å²) in [6.45, 7) is 12.0. The van der Waals surface area contributed by atoms with Crippen LogP contribution in [-0.4, -0.2) is 46.5 Å². The van der Waals surface area contributed by atoms with Gasteiger partial charge in [-0.3, -0.25) is 0 Å². The molecule has 1 aromatic heterocycles. The standard InChI is InChI=1S/C26H35F3N4O5/c1-8-33(22(34)37-23(35)38-24(4,5)6)21-31-12-11-19(32-21)17-9-10-20(18(13-17)26(27,28)29)36-15-25(7,30)14-16(2)3/h9-13,16H,8,14-15,30H2,1-7H3/t25-/m0/s1. The number of halogens is 3. The van der Waals surface area contributed by atoms with E-state index >= 15 is 0 Å². The maximum absolute atomic E-state index is 13.9. The van der Waals surface area contributed by atoms with Gasteiger partial charge in [-0.2, -0.15) is 13.2 Å². The Hall–Kier alpha value is -3.41. The average Bonchev–Trinajstić information content (AvgIpc) is 2.75. The molecule has 38 heavy (non-hydrogen) atoms. The fourth-order valence-corrected chi connectivity index (χ4v) is 3.66. The van der Waals surface area contributed by atoms with Crippen molar-refractivity contribution in [3.05, 3.63) is 36.0 Å². The molecule has 9 nitrogen and oxygen atoms in total. The molecule has 0 radical (unpaired) electrons. The van der Waals surface area contributed by atoms with E-state index in [4.69, 9.17) is 19.9 Å². The maximum atomic E-state index is 13.9. The van der Waals surface area contributed by atoms with Gasteiger partial charge in [0.1, 0.15) is 18.0 Å². The van der Waals surface area contributed by atoms with Gasteiger partial charge in [-0.15, -0.1) is 0 Å². The number of aromatic nitrogens is 2. The molecule has 0 spiro atoms. The lowest BCUT2D eigenvalue weighted by Crippen LogP contribution is -2.43. The Bertz CT molecular complexity index is 1130. The summed E-state index contributed by atoms with van der Waals surface area (Å²) in [6.07, 6.45) is -5.16. The van der Waals surface area contributed by atoms with Gasteiger partial charge in [0.05, 0.1) is 11.3 Å². The second-order valence-electron chi connectivity index (χ2n) is 10.6. The number of nitrogens with zero attached hydrogens (tertiary/aromatic N) is 3. The fraction of sp³-hybridized carbons (Fsp3) is 0.538. The SMILES string of the molecule is CCN(C(=O)OC(=O)OC(C)(C)C)c1nccc(-c2ccc(OC[C@@](C)(N)CC(C)C)c(C(F)(F)F)c2)n1. The molecule has 0 aliphatic carbocycles. The number of alkyl halides is 3. The minimum Gasteiger partial charge on any atom is -0.491 e. The number of carbonyl (C=O) groups is 2. The summed E-state index contributed by atoms with van der Waals surface area (Å²) in [7, 11) is 0. The number of hydrogen-bond donors (Lipinski definition) is 1. The highest BCUT2D eigenvalue weighted by Gasteiger charge is 2.36. The molecule has 1 atom stereocenters. The first-order valence-electron chi connectivity index (χ1n) is 12.1. The van der Waals surface area contributed by atoms with Gasteiger partial charge in [-0.1, -0.05) is 13.8 Å². The van der Waals surface area contributed by atoms with Gasteiger partial charge in [-0.25, -0.2) is 24.5 Å². The summed E-state index contributed by atoms with van der Waals surface area (Å²) in [5.41, 5.74) is 3.73. The summed E-state index contributed by atoms with van der Waals surface area (Å²) in [5.74, 6) is -0.277. The van der Waals surface area contributed by atoms with Gasteiger partial charge < -0.3 is 19.9 Å². The Morgan fingerprint density at radius 2 is 1.76 bits per heavy atom. The first kappa shape index (κ1) is 30.8. The second kappa shape index (κ2) is 12.0. The van der Waals surface area contributed by atoms with Crippen molar-refractivity contribution in [3.63, 3.8) is 0 Å². The van der Waals surface area contributed by atoms with E-state index in [2.05, 4.69) is 9.97 Å². The minimum absolute atomic E-state index is 0.0138. The van der Waals surface area contributed by atoms with Gasteiger partial charge >= 0.3 is 18.4 Å². The highest BCUT2D eigenvalue weighted by molar-refractivity contribution is 5.92. The van der Waals surface area contributed by atoms with Crippen molar-refractivity contribution < 1.29 is 37.0 Å². The number of nitrogens with two attached hydrogens (primary N) is 1. The molecule has 2 aromatic rings. The molecule has 12 heteroatoms. The van der Waals surface area contributed by atoms with Crippen molar-refractivity contribution in [3.8, 4) is 17.0 Å². The first-order chi connectivity index (χ1) is 17.4. The van der Waals surface area contributed by atoms with Crippen molar-refractivity contribution in [2.45, 2.75) is 72.2 Å². The number of carbonyl (C=O) groups excluding carboxylic acids is 2. The maximum Gasteiger partial charge on any atom is 0.517 e. The Balaban J connectivity index is 2.34. The van der Waals surface area contributed by atoms with Crippen LogP contribution >= 0.6 is 0 Å². The van der Waals surface area contributed by atoms with Gasteiger partial charge in [0.25, 0.3) is 0 Å². The van der Waals surface area contributed by atoms with Crippen LogP contribution in [0, 0.1) is 5.92 Å². The Morgan fingerprint density at radius 1 is 1.11 bits per heavy atom. The Kier molecular flexibility index (Phi) is 9.71.